The topological polar surface area (TPSA) is 41.1 Å². The zero-order valence-corrected chi connectivity index (χ0v) is 11.4. The van der Waals surface area contributed by atoms with Crippen LogP contribution in [0.3, 0.4) is 0 Å². The number of hydrogen-bond acceptors (Lipinski definition) is 2. The highest BCUT2D eigenvalue weighted by atomic mass is 35.5. The molecule has 1 aromatic rings. The molecule has 4 heteroatoms. The van der Waals surface area contributed by atoms with E-state index in [1.54, 1.807) is 0 Å². The van der Waals surface area contributed by atoms with Crippen molar-refractivity contribution in [2.75, 3.05) is 0 Å². The van der Waals surface area contributed by atoms with Crippen LogP contribution in [0.15, 0.2) is 18.2 Å². The first-order valence-electron chi connectivity index (χ1n) is 6.46. The van der Waals surface area contributed by atoms with Crippen LogP contribution in [-0.2, 0) is 17.9 Å². The van der Waals surface area contributed by atoms with Gasteiger partial charge in [-0.25, -0.2) is 0 Å². The van der Waals surface area contributed by atoms with Crippen LogP contribution >= 0.6 is 11.6 Å². The molecule has 1 aliphatic rings. The van der Waals surface area contributed by atoms with Crippen molar-refractivity contribution in [3.8, 4) is 0 Å². The highest BCUT2D eigenvalue weighted by Crippen LogP contribution is 2.22. The monoisotopic (exact) mass is 266 g/mol. The predicted molar refractivity (Wildman–Crippen MR) is 73.5 cm³/mol. The molecule has 0 radical (unpaired) electrons. The Bertz CT molecular complexity index is 430. The van der Waals surface area contributed by atoms with Crippen molar-refractivity contribution in [2.24, 2.45) is 0 Å². The summed E-state index contributed by atoms with van der Waals surface area (Å²) < 4.78 is 0. The van der Waals surface area contributed by atoms with Gasteiger partial charge >= 0.3 is 0 Å². The molecule has 2 rings (SSSR count). The van der Waals surface area contributed by atoms with Gasteiger partial charge in [-0.05, 0) is 30.0 Å². The standard InChI is InChI=1S/C14H19ClN2O/c1-2-14(18)17-8-10-3-6-13(15)11(7-10)9-16-12-4-5-12/h3,6-7,12,16H,2,4-5,8-9H2,1H3,(H,17,18). The molecule has 0 heterocycles. The van der Waals surface area contributed by atoms with Gasteiger partial charge in [0.05, 0.1) is 0 Å². The van der Waals surface area contributed by atoms with Crippen molar-refractivity contribution >= 4 is 17.5 Å². The van der Waals surface area contributed by atoms with Gasteiger partial charge in [0.2, 0.25) is 5.91 Å². The number of nitrogens with one attached hydrogen (secondary N) is 2. The third-order valence-corrected chi connectivity index (χ3v) is 3.45. The molecule has 0 aromatic heterocycles. The van der Waals surface area contributed by atoms with Gasteiger partial charge in [0.15, 0.2) is 0 Å². The van der Waals surface area contributed by atoms with Gasteiger partial charge in [0.25, 0.3) is 0 Å². The molecule has 0 aliphatic heterocycles. The van der Waals surface area contributed by atoms with E-state index in [0.29, 0.717) is 19.0 Å². The molecule has 1 amide bonds. The lowest BCUT2D eigenvalue weighted by Gasteiger charge is -2.09. The van der Waals surface area contributed by atoms with Crippen LogP contribution in [0, 0.1) is 0 Å². The van der Waals surface area contributed by atoms with Crippen LogP contribution < -0.4 is 10.6 Å². The van der Waals surface area contributed by atoms with Crippen LogP contribution in [0.25, 0.3) is 0 Å². The quantitative estimate of drug-likeness (QED) is 0.831. The molecule has 0 spiro atoms. The maximum atomic E-state index is 11.2. The van der Waals surface area contributed by atoms with Crippen LogP contribution in [0.5, 0.6) is 0 Å². The van der Waals surface area contributed by atoms with E-state index in [0.717, 1.165) is 22.7 Å². The largest absolute Gasteiger partial charge is 0.352 e. The normalized spacial score (nSPS) is 14.6. The molecule has 2 N–H and O–H groups in total. The summed E-state index contributed by atoms with van der Waals surface area (Å²) in [4.78, 5) is 11.2. The first kappa shape index (κ1) is 13.4. The summed E-state index contributed by atoms with van der Waals surface area (Å²) in [6, 6.07) is 6.59. The average molecular weight is 267 g/mol. The smallest absolute Gasteiger partial charge is 0.219 e. The fraction of sp³-hybridized carbons (Fsp3) is 0.500. The van der Waals surface area contributed by atoms with E-state index < -0.39 is 0 Å². The molecule has 0 saturated heterocycles. The summed E-state index contributed by atoms with van der Waals surface area (Å²) >= 11 is 6.16. The second-order valence-corrected chi connectivity index (χ2v) is 5.12. The Morgan fingerprint density at radius 1 is 1.39 bits per heavy atom. The number of carbonyl (C=O) groups excluding carboxylic acids is 1. The Morgan fingerprint density at radius 3 is 2.83 bits per heavy atom. The first-order chi connectivity index (χ1) is 8.69. The second kappa shape index (κ2) is 6.21. The minimum Gasteiger partial charge on any atom is -0.352 e. The van der Waals surface area contributed by atoms with E-state index in [1.807, 2.05) is 19.1 Å². The molecule has 0 atom stereocenters. The maximum absolute atomic E-state index is 11.2. The zero-order valence-electron chi connectivity index (χ0n) is 10.6. The van der Waals surface area contributed by atoms with Gasteiger partial charge < -0.3 is 10.6 Å². The number of carbonyl (C=O) groups is 1. The Labute approximate surface area is 113 Å². The van der Waals surface area contributed by atoms with Gasteiger partial charge in [-0.1, -0.05) is 30.7 Å². The third kappa shape index (κ3) is 4.00. The predicted octanol–water partition coefficient (Wildman–Crippen LogP) is 2.62. The van der Waals surface area contributed by atoms with Crippen molar-refractivity contribution in [1.29, 1.82) is 0 Å². The highest BCUT2D eigenvalue weighted by Gasteiger charge is 2.20. The number of halogens is 1. The van der Waals surface area contributed by atoms with E-state index in [4.69, 9.17) is 11.6 Å². The van der Waals surface area contributed by atoms with Crippen molar-refractivity contribution < 1.29 is 4.79 Å². The highest BCUT2D eigenvalue weighted by molar-refractivity contribution is 6.31. The molecule has 0 unspecified atom stereocenters. The summed E-state index contributed by atoms with van der Waals surface area (Å²) in [7, 11) is 0. The van der Waals surface area contributed by atoms with Crippen molar-refractivity contribution in [3.05, 3.63) is 34.3 Å². The second-order valence-electron chi connectivity index (χ2n) is 4.71. The molecule has 1 fully saturated rings. The lowest BCUT2D eigenvalue weighted by atomic mass is 10.1. The average Bonchev–Trinajstić information content (AvgIpc) is 3.19. The summed E-state index contributed by atoms with van der Waals surface area (Å²) in [5, 5.41) is 7.10. The summed E-state index contributed by atoms with van der Waals surface area (Å²) in [5.41, 5.74) is 2.20. The molecule has 0 bridgehead atoms. The van der Waals surface area contributed by atoms with Crippen LogP contribution in [-0.4, -0.2) is 11.9 Å². The molecule has 1 aromatic carbocycles. The number of amides is 1. The van der Waals surface area contributed by atoms with Crippen molar-refractivity contribution in [1.82, 2.24) is 10.6 Å². The molecule has 98 valence electrons. The fourth-order valence-electron chi connectivity index (χ4n) is 1.74. The summed E-state index contributed by atoms with van der Waals surface area (Å²) in [5.74, 6) is 0.0719. The number of hydrogen-bond donors (Lipinski definition) is 2. The Hall–Kier alpha value is -1.06. The van der Waals surface area contributed by atoms with Crippen molar-refractivity contribution in [2.45, 2.75) is 45.3 Å². The minimum absolute atomic E-state index is 0.0719. The van der Waals surface area contributed by atoms with E-state index in [1.165, 1.54) is 12.8 Å². The Balaban J connectivity index is 1.93. The van der Waals surface area contributed by atoms with Crippen molar-refractivity contribution in [3.63, 3.8) is 0 Å². The lowest BCUT2D eigenvalue weighted by molar-refractivity contribution is -0.120. The number of benzene rings is 1. The van der Waals surface area contributed by atoms with Gasteiger partial charge in [-0.3, -0.25) is 4.79 Å². The van der Waals surface area contributed by atoms with Gasteiger partial charge in [0.1, 0.15) is 0 Å². The minimum atomic E-state index is 0.0719. The van der Waals surface area contributed by atoms with E-state index in [9.17, 15) is 4.79 Å². The van der Waals surface area contributed by atoms with Gasteiger partial charge in [-0.2, -0.15) is 0 Å². The third-order valence-electron chi connectivity index (χ3n) is 3.08. The molecule has 3 nitrogen and oxygen atoms in total. The van der Waals surface area contributed by atoms with Crippen LogP contribution in [0.2, 0.25) is 5.02 Å². The molecule has 18 heavy (non-hydrogen) atoms. The van der Waals surface area contributed by atoms with E-state index >= 15 is 0 Å². The Morgan fingerprint density at radius 2 is 2.17 bits per heavy atom. The first-order valence-corrected chi connectivity index (χ1v) is 6.84. The number of rotatable bonds is 6. The van der Waals surface area contributed by atoms with E-state index in [2.05, 4.69) is 16.7 Å². The summed E-state index contributed by atoms with van der Waals surface area (Å²) in [6.45, 7) is 3.22. The molecular weight excluding hydrogens is 248 g/mol. The van der Waals surface area contributed by atoms with Crippen LogP contribution in [0.4, 0.5) is 0 Å². The molecule has 1 aliphatic carbocycles. The van der Waals surface area contributed by atoms with Gasteiger partial charge in [0, 0.05) is 30.6 Å². The fourth-order valence-corrected chi connectivity index (χ4v) is 1.93. The lowest BCUT2D eigenvalue weighted by Crippen LogP contribution is -2.21. The molecular formula is C14H19ClN2O. The summed E-state index contributed by atoms with van der Waals surface area (Å²) in [6.07, 6.45) is 3.05. The van der Waals surface area contributed by atoms with Gasteiger partial charge in [-0.15, -0.1) is 0 Å². The van der Waals surface area contributed by atoms with Crippen LogP contribution in [0.1, 0.15) is 37.3 Å². The SMILES string of the molecule is CCC(=O)NCc1ccc(Cl)c(CNC2CC2)c1. The van der Waals surface area contributed by atoms with E-state index in [-0.39, 0.29) is 5.91 Å². The maximum Gasteiger partial charge on any atom is 0.219 e. The molecule has 1 saturated carbocycles. The Kier molecular flexibility index (Phi) is 4.61. The zero-order chi connectivity index (χ0) is 13.0.